The van der Waals surface area contributed by atoms with Crippen molar-refractivity contribution >= 4 is 0 Å². The summed E-state index contributed by atoms with van der Waals surface area (Å²) >= 11 is 0. The van der Waals surface area contributed by atoms with Crippen LogP contribution in [0.5, 0.6) is 5.88 Å². The predicted octanol–water partition coefficient (Wildman–Crippen LogP) is 6.24. The molecule has 186 valence electrons. The number of alkyl halides is 6. The molecule has 0 radical (unpaired) electrons. The quantitative estimate of drug-likeness (QED) is 0.314. The molecule has 3 heterocycles. The number of nitrogens with zero attached hydrogens (tertiary/aromatic N) is 3. The number of aromatic nitrogens is 3. The number of pyridine rings is 1. The third kappa shape index (κ3) is 5.31. The molecular formula is C23H19F6N3O3. The van der Waals surface area contributed by atoms with Crippen molar-refractivity contribution in [1.82, 2.24) is 15.2 Å². The number of hydrogen-bond acceptors (Lipinski definition) is 6. The van der Waals surface area contributed by atoms with Crippen molar-refractivity contribution in [2.24, 2.45) is 0 Å². The van der Waals surface area contributed by atoms with E-state index >= 15 is 0 Å². The number of hydrogen-bond donors (Lipinski definition) is 0. The summed E-state index contributed by atoms with van der Waals surface area (Å²) in [7, 11) is 0. The van der Waals surface area contributed by atoms with E-state index in [0.29, 0.717) is 11.6 Å². The Morgan fingerprint density at radius 2 is 1.71 bits per heavy atom. The number of fused-ring (bicyclic) bond motifs is 5. The zero-order valence-corrected chi connectivity index (χ0v) is 18.1. The van der Waals surface area contributed by atoms with Gasteiger partial charge in [-0.25, -0.2) is 4.98 Å². The van der Waals surface area contributed by atoms with Gasteiger partial charge in [-0.3, -0.25) is 0 Å². The first-order valence-corrected chi connectivity index (χ1v) is 10.6. The van der Waals surface area contributed by atoms with Crippen LogP contribution >= 0.6 is 0 Å². The minimum atomic E-state index is -4.96. The summed E-state index contributed by atoms with van der Waals surface area (Å²) in [6, 6.07) is 9.88. The molecule has 0 N–H and O–H groups in total. The SMILES string of the molecule is FC(F)(F)c1ccc2nc1OCCCC=CCC(OCc1ccccc1)(C(F)(F)F)c1nnc-2o1. The van der Waals surface area contributed by atoms with E-state index in [2.05, 4.69) is 15.2 Å². The maximum Gasteiger partial charge on any atom is 0.426 e. The molecule has 1 atom stereocenters. The minimum Gasteiger partial charge on any atom is -0.477 e. The van der Waals surface area contributed by atoms with E-state index in [9.17, 15) is 26.3 Å². The number of halogens is 6. The first kappa shape index (κ1) is 24.7. The van der Waals surface area contributed by atoms with Gasteiger partial charge in [0.1, 0.15) is 11.3 Å². The Labute approximate surface area is 195 Å². The van der Waals surface area contributed by atoms with Crippen molar-refractivity contribution in [2.45, 2.75) is 43.8 Å². The Hall–Kier alpha value is -3.41. The summed E-state index contributed by atoms with van der Waals surface area (Å²) in [4.78, 5) is 3.80. The van der Waals surface area contributed by atoms with Gasteiger partial charge in [0.15, 0.2) is 0 Å². The molecule has 35 heavy (non-hydrogen) atoms. The van der Waals surface area contributed by atoms with Crippen molar-refractivity contribution in [3.8, 4) is 17.5 Å². The van der Waals surface area contributed by atoms with Gasteiger partial charge in [0.2, 0.25) is 11.5 Å². The molecule has 1 aliphatic heterocycles. The van der Waals surface area contributed by atoms with Gasteiger partial charge in [-0.1, -0.05) is 42.5 Å². The normalized spacial score (nSPS) is 19.1. The van der Waals surface area contributed by atoms with Gasteiger partial charge in [0.05, 0.1) is 13.2 Å². The molecule has 0 amide bonds. The van der Waals surface area contributed by atoms with E-state index in [1.165, 1.54) is 12.2 Å². The zero-order valence-electron chi connectivity index (χ0n) is 18.1. The van der Waals surface area contributed by atoms with Crippen LogP contribution in [-0.2, 0) is 23.1 Å². The second kappa shape index (κ2) is 9.68. The fourth-order valence-electron chi connectivity index (χ4n) is 3.42. The molecule has 4 bridgehead atoms. The molecular weight excluding hydrogens is 480 g/mol. The van der Waals surface area contributed by atoms with E-state index in [0.717, 1.165) is 6.07 Å². The van der Waals surface area contributed by atoms with Crippen molar-refractivity contribution in [3.63, 3.8) is 0 Å². The fourth-order valence-corrected chi connectivity index (χ4v) is 3.42. The van der Waals surface area contributed by atoms with Crippen LogP contribution in [0.1, 0.15) is 36.3 Å². The lowest BCUT2D eigenvalue weighted by molar-refractivity contribution is -0.295. The van der Waals surface area contributed by atoms with Gasteiger partial charge in [-0.05, 0) is 30.5 Å². The first-order chi connectivity index (χ1) is 16.6. The second-order valence-electron chi connectivity index (χ2n) is 7.72. The highest BCUT2D eigenvalue weighted by Gasteiger charge is 2.60. The van der Waals surface area contributed by atoms with Crippen molar-refractivity contribution in [1.29, 1.82) is 0 Å². The van der Waals surface area contributed by atoms with E-state index in [4.69, 9.17) is 13.9 Å². The molecule has 3 aromatic rings. The smallest absolute Gasteiger partial charge is 0.426 e. The van der Waals surface area contributed by atoms with E-state index in [-0.39, 0.29) is 25.1 Å². The van der Waals surface area contributed by atoms with Crippen molar-refractivity contribution in [3.05, 3.63) is 71.6 Å². The molecule has 1 aromatic carbocycles. The topological polar surface area (TPSA) is 70.3 Å². The number of rotatable bonds is 3. The van der Waals surface area contributed by atoms with Crippen LogP contribution in [0.25, 0.3) is 11.6 Å². The van der Waals surface area contributed by atoms with Gasteiger partial charge in [0.25, 0.3) is 11.8 Å². The van der Waals surface area contributed by atoms with Crippen molar-refractivity contribution < 1.29 is 40.2 Å². The van der Waals surface area contributed by atoms with Gasteiger partial charge < -0.3 is 13.9 Å². The standard InChI is InChI=1S/C23H19F6N3O3/c24-22(25,26)16-10-11-17-19-31-32-20(35-19)21(23(27,28)29,34-14-15-8-4-3-5-9-15)12-6-1-2-7-13-33-18(16)30-17/h1,3-6,8-11H,2,7,12-14H2. The predicted molar refractivity (Wildman–Crippen MR) is 110 cm³/mol. The highest BCUT2D eigenvalue weighted by molar-refractivity contribution is 5.50. The van der Waals surface area contributed by atoms with Crippen LogP contribution in [0.15, 0.2) is 59.0 Å². The maximum absolute atomic E-state index is 14.5. The summed E-state index contributed by atoms with van der Waals surface area (Å²) in [5, 5.41) is 7.18. The Kier molecular flexibility index (Phi) is 6.84. The van der Waals surface area contributed by atoms with Crippen LogP contribution in [0.4, 0.5) is 26.3 Å². The van der Waals surface area contributed by atoms with Crippen LogP contribution < -0.4 is 4.74 Å². The highest BCUT2D eigenvalue weighted by Crippen LogP contribution is 2.46. The lowest BCUT2D eigenvalue weighted by Crippen LogP contribution is -2.45. The second-order valence-corrected chi connectivity index (χ2v) is 7.72. The van der Waals surface area contributed by atoms with Gasteiger partial charge in [-0.2, -0.15) is 26.3 Å². The van der Waals surface area contributed by atoms with Crippen LogP contribution in [0.3, 0.4) is 0 Å². The van der Waals surface area contributed by atoms with Crippen LogP contribution in [0.2, 0.25) is 0 Å². The zero-order chi connectivity index (χ0) is 25.1. The molecule has 1 unspecified atom stereocenters. The number of ether oxygens (including phenoxy) is 2. The lowest BCUT2D eigenvalue weighted by Gasteiger charge is -2.31. The average Bonchev–Trinajstić information content (AvgIpc) is 3.29. The lowest BCUT2D eigenvalue weighted by atomic mass is 9.97. The summed E-state index contributed by atoms with van der Waals surface area (Å²) in [5.41, 5.74) is -3.89. The molecule has 0 fully saturated rings. The average molecular weight is 499 g/mol. The van der Waals surface area contributed by atoms with E-state index in [1.54, 1.807) is 30.3 Å². The summed E-state index contributed by atoms with van der Waals surface area (Å²) in [5.74, 6) is -2.11. The van der Waals surface area contributed by atoms with Crippen LogP contribution in [-0.4, -0.2) is 28.0 Å². The third-order valence-electron chi connectivity index (χ3n) is 5.27. The molecule has 1 aliphatic rings. The number of benzene rings is 1. The van der Waals surface area contributed by atoms with Crippen molar-refractivity contribution in [2.75, 3.05) is 6.61 Å². The molecule has 2 aromatic heterocycles. The summed E-state index contributed by atoms with van der Waals surface area (Å²) in [6.45, 7) is -0.531. The minimum absolute atomic E-state index is 0.131. The Morgan fingerprint density at radius 1 is 0.943 bits per heavy atom. The van der Waals surface area contributed by atoms with Gasteiger partial charge >= 0.3 is 12.4 Å². The van der Waals surface area contributed by atoms with Gasteiger partial charge in [-0.15, -0.1) is 10.2 Å². The molecule has 6 nitrogen and oxygen atoms in total. The van der Waals surface area contributed by atoms with E-state index < -0.39 is 54.2 Å². The van der Waals surface area contributed by atoms with Crippen LogP contribution in [0, 0.1) is 0 Å². The number of allylic oxidation sites excluding steroid dienone is 1. The third-order valence-corrected chi connectivity index (χ3v) is 5.27. The first-order valence-electron chi connectivity index (χ1n) is 10.6. The molecule has 0 spiro atoms. The summed E-state index contributed by atoms with van der Waals surface area (Å²) in [6.07, 6.45) is -7.12. The Morgan fingerprint density at radius 3 is 2.43 bits per heavy atom. The summed E-state index contributed by atoms with van der Waals surface area (Å²) < 4.78 is 99.5. The maximum atomic E-state index is 14.5. The Balaban J connectivity index is 1.79. The molecule has 0 saturated heterocycles. The molecule has 4 rings (SSSR count). The molecule has 12 heteroatoms. The Bertz CT molecular complexity index is 1180. The van der Waals surface area contributed by atoms with E-state index in [1.807, 2.05) is 0 Å². The highest BCUT2D eigenvalue weighted by atomic mass is 19.4. The largest absolute Gasteiger partial charge is 0.477 e. The molecule has 0 saturated carbocycles. The van der Waals surface area contributed by atoms with Gasteiger partial charge in [0, 0.05) is 6.42 Å². The monoisotopic (exact) mass is 499 g/mol. The fraction of sp³-hybridized carbons (Fsp3) is 0.348. The molecule has 0 aliphatic carbocycles.